The van der Waals surface area contributed by atoms with E-state index >= 15 is 0 Å². The molecule has 26 heavy (non-hydrogen) atoms. The van der Waals surface area contributed by atoms with E-state index in [0.717, 1.165) is 36.8 Å². The van der Waals surface area contributed by atoms with E-state index in [-0.39, 0.29) is 17.7 Å². The number of imidazole rings is 1. The van der Waals surface area contributed by atoms with Crippen LogP contribution in [0.1, 0.15) is 45.4 Å². The molecule has 2 aromatic rings. The maximum Gasteiger partial charge on any atom is 0.232 e. The molecule has 6 nitrogen and oxygen atoms in total. The van der Waals surface area contributed by atoms with Gasteiger partial charge in [0.25, 0.3) is 0 Å². The molecule has 1 aromatic carbocycles. The fourth-order valence-electron chi connectivity index (χ4n) is 4.31. The SMILES string of the molecule is CCCn1c(NC(=O)C2CC(=O)N(C3CCCC3)C2)nc2ccccc21. The van der Waals surface area contributed by atoms with Crippen LogP contribution in [-0.2, 0) is 16.1 Å². The minimum absolute atomic E-state index is 0.0912. The van der Waals surface area contributed by atoms with Gasteiger partial charge in [0.1, 0.15) is 0 Å². The van der Waals surface area contributed by atoms with Crippen LogP contribution in [0, 0.1) is 5.92 Å². The van der Waals surface area contributed by atoms with Gasteiger partial charge in [-0.2, -0.15) is 0 Å². The highest BCUT2D eigenvalue weighted by Crippen LogP contribution is 2.30. The molecule has 2 heterocycles. The number of likely N-dealkylation sites (tertiary alicyclic amines) is 1. The summed E-state index contributed by atoms with van der Waals surface area (Å²) < 4.78 is 2.05. The molecule has 1 aromatic heterocycles. The smallest absolute Gasteiger partial charge is 0.232 e. The molecule has 138 valence electrons. The van der Waals surface area contributed by atoms with Crippen LogP contribution in [0.4, 0.5) is 5.95 Å². The number of nitrogens with one attached hydrogen (secondary N) is 1. The third-order valence-electron chi connectivity index (χ3n) is 5.63. The molecule has 4 rings (SSSR count). The van der Waals surface area contributed by atoms with Crippen LogP contribution in [0.5, 0.6) is 0 Å². The summed E-state index contributed by atoms with van der Waals surface area (Å²) in [7, 11) is 0. The number of nitrogens with zero attached hydrogens (tertiary/aromatic N) is 3. The Labute approximate surface area is 153 Å². The lowest BCUT2D eigenvalue weighted by molar-refractivity contribution is -0.129. The van der Waals surface area contributed by atoms with E-state index in [1.807, 2.05) is 29.2 Å². The van der Waals surface area contributed by atoms with Gasteiger partial charge in [-0.1, -0.05) is 31.9 Å². The fraction of sp³-hybridized carbons (Fsp3) is 0.550. The van der Waals surface area contributed by atoms with Gasteiger partial charge in [-0.05, 0) is 31.4 Å². The molecule has 2 aliphatic rings. The van der Waals surface area contributed by atoms with Crippen LogP contribution >= 0.6 is 0 Å². The van der Waals surface area contributed by atoms with Gasteiger partial charge < -0.3 is 9.47 Å². The Balaban J connectivity index is 1.50. The molecule has 1 unspecified atom stereocenters. The summed E-state index contributed by atoms with van der Waals surface area (Å²) in [5.41, 5.74) is 1.91. The average Bonchev–Trinajstić information content (AvgIpc) is 3.35. The summed E-state index contributed by atoms with van der Waals surface area (Å²) in [4.78, 5) is 31.7. The lowest BCUT2D eigenvalue weighted by Crippen LogP contribution is -2.35. The van der Waals surface area contributed by atoms with E-state index in [2.05, 4.69) is 21.8 Å². The van der Waals surface area contributed by atoms with Crippen LogP contribution in [0.3, 0.4) is 0 Å². The summed E-state index contributed by atoms with van der Waals surface area (Å²) >= 11 is 0. The summed E-state index contributed by atoms with van der Waals surface area (Å²) in [6.45, 7) is 3.45. The number of rotatable bonds is 5. The third kappa shape index (κ3) is 3.08. The highest BCUT2D eigenvalue weighted by Gasteiger charge is 2.38. The van der Waals surface area contributed by atoms with Crippen molar-refractivity contribution >= 4 is 28.8 Å². The number of carbonyl (C=O) groups excluding carboxylic acids is 2. The van der Waals surface area contributed by atoms with Crippen molar-refractivity contribution in [2.24, 2.45) is 5.92 Å². The van der Waals surface area contributed by atoms with Gasteiger partial charge >= 0.3 is 0 Å². The molecule has 1 N–H and O–H groups in total. The second kappa shape index (κ2) is 7.09. The van der Waals surface area contributed by atoms with Gasteiger partial charge in [0, 0.05) is 25.6 Å². The van der Waals surface area contributed by atoms with Crippen LogP contribution < -0.4 is 5.32 Å². The normalized spacial score (nSPS) is 21.0. The molecule has 1 saturated heterocycles. The molecule has 1 aliphatic carbocycles. The van der Waals surface area contributed by atoms with Crippen LogP contribution in [0.25, 0.3) is 11.0 Å². The Morgan fingerprint density at radius 2 is 2.04 bits per heavy atom. The van der Waals surface area contributed by atoms with Gasteiger partial charge in [0.05, 0.1) is 17.0 Å². The van der Waals surface area contributed by atoms with Gasteiger partial charge in [-0.3, -0.25) is 14.9 Å². The van der Waals surface area contributed by atoms with E-state index in [1.165, 1.54) is 12.8 Å². The number of aromatic nitrogens is 2. The molecular formula is C20H26N4O2. The number of para-hydroxylation sites is 2. The van der Waals surface area contributed by atoms with E-state index < -0.39 is 0 Å². The fourth-order valence-corrected chi connectivity index (χ4v) is 4.31. The zero-order valence-electron chi connectivity index (χ0n) is 15.3. The third-order valence-corrected chi connectivity index (χ3v) is 5.63. The Morgan fingerprint density at radius 3 is 2.81 bits per heavy atom. The first-order valence-corrected chi connectivity index (χ1v) is 9.73. The molecule has 0 radical (unpaired) electrons. The molecule has 1 aliphatic heterocycles. The number of benzene rings is 1. The van der Waals surface area contributed by atoms with Crippen molar-refractivity contribution in [1.29, 1.82) is 0 Å². The number of hydrogen-bond donors (Lipinski definition) is 1. The molecule has 6 heteroatoms. The monoisotopic (exact) mass is 354 g/mol. The number of fused-ring (bicyclic) bond motifs is 1. The Kier molecular flexibility index (Phi) is 4.66. The van der Waals surface area contributed by atoms with Crippen molar-refractivity contribution in [2.75, 3.05) is 11.9 Å². The van der Waals surface area contributed by atoms with Gasteiger partial charge in [-0.15, -0.1) is 0 Å². The first kappa shape index (κ1) is 17.1. The zero-order valence-corrected chi connectivity index (χ0v) is 15.3. The molecule has 0 bridgehead atoms. The molecule has 2 fully saturated rings. The highest BCUT2D eigenvalue weighted by molar-refractivity contribution is 5.97. The predicted octanol–water partition coefficient (Wildman–Crippen LogP) is 3.18. The highest BCUT2D eigenvalue weighted by atomic mass is 16.2. The number of carbonyl (C=O) groups is 2. The predicted molar refractivity (Wildman–Crippen MR) is 101 cm³/mol. The number of aryl methyl sites for hydroxylation is 1. The summed E-state index contributed by atoms with van der Waals surface area (Å²) in [6.07, 6.45) is 5.80. The van der Waals surface area contributed by atoms with E-state index in [4.69, 9.17) is 0 Å². The number of amides is 2. The standard InChI is InChI=1S/C20H26N4O2/c1-2-11-23-17-10-6-5-9-16(17)21-20(23)22-19(26)14-12-18(25)24(13-14)15-7-3-4-8-15/h5-6,9-10,14-15H,2-4,7-8,11-13H2,1H3,(H,21,22,26). The van der Waals surface area contributed by atoms with Crippen LogP contribution in [0.15, 0.2) is 24.3 Å². The number of anilines is 1. The molecular weight excluding hydrogens is 328 g/mol. The zero-order chi connectivity index (χ0) is 18.1. The van der Waals surface area contributed by atoms with Crippen molar-refractivity contribution in [3.05, 3.63) is 24.3 Å². The second-order valence-corrected chi connectivity index (χ2v) is 7.45. The Morgan fingerprint density at radius 1 is 1.27 bits per heavy atom. The number of hydrogen-bond acceptors (Lipinski definition) is 3. The van der Waals surface area contributed by atoms with E-state index in [0.29, 0.717) is 25.0 Å². The van der Waals surface area contributed by atoms with Crippen molar-refractivity contribution in [3.8, 4) is 0 Å². The minimum atomic E-state index is -0.280. The topological polar surface area (TPSA) is 67.2 Å². The minimum Gasteiger partial charge on any atom is -0.339 e. The van der Waals surface area contributed by atoms with Crippen LogP contribution in [0.2, 0.25) is 0 Å². The Hall–Kier alpha value is -2.37. The average molecular weight is 354 g/mol. The molecule has 0 spiro atoms. The summed E-state index contributed by atoms with van der Waals surface area (Å²) in [6, 6.07) is 8.25. The second-order valence-electron chi connectivity index (χ2n) is 7.45. The first-order chi connectivity index (χ1) is 12.7. The maximum absolute atomic E-state index is 12.8. The van der Waals surface area contributed by atoms with Crippen LogP contribution in [-0.4, -0.2) is 38.9 Å². The largest absolute Gasteiger partial charge is 0.339 e. The first-order valence-electron chi connectivity index (χ1n) is 9.73. The van der Waals surface area contributed by atoms with Gasteiger partial charge in [0.15, 0.2) is 0 Å². The summed E-state index contributed by atoms with van der Waals surface area (Å²) in [5, 5.41) is 2.99. The van der Waals surface area contributed by atoms with E-state index in [1.54, 1.807) is 0 Å². The molecule has 1 atom stereocenters. The maximum atomic E-state index is 12.8. The molecule has 1 saturated carbocycles. The van der Waals surface area contributed by atoms with Gasteiger partial charge in [0.2, 0.25) is 17.8 Å². The molecule has 2 amide bonds. The van der Waals surface area contributed by atoms with Crippen molar-refractivity contribution in [2.45, 2.75) is 58.0 Å². The summed E-state index contributed by atoms with van der Waals surface area (Å²) in [5.74, 6) is 0.341. The lowest BCUT2D eigenvalue weighted by Gasteiger charge is -2.23. The quantitative estimate of drug-likeness (QED) is 0.897. The Bertz CT molecular complexity index is 822. The lowest BCUT2D eigenvalue weighted by atomic mass is 10.1. The van der Waals surface area contributed by atoms with Gasteiger partial charge in [-0.25, -0.2) is 4.98 Å². The van der Waals surface area contributed by atoms with Crippen molar-refractivity contribution < 1.29 is 9.59 Å². The van der Waals surface area contributed by atoms with Crippen molar-refractivity contribution in [1.82, 2.24) is 14.5 Å². The van der Waals surface area contributed by atoms with Crippen molar-refractivity contribution in [3.63, 3.8) is 0 Å². The van der Waals surface area contributed by atoms with E-state index in [9.17, 15) is 9.59 Å².